The largest absolute Gasteiger partial charge is 0.491 e. The molecule has 0 spiro atoms. The highest BCUT2D eigenvalue weighted by molar-refractivity contribution is 5.75. The molecule has 0 bridgehead atoms. The Morgan fingerprint density at radius 3 is 2.76 bits per heavy atom. The molecule has 0 heterocycles. The highest BCUT2D eigenvalue weighted by Gasteiger charge is 2.04. The Balaban J connectivity index is 2.21. The van der Waals surface area contributed by atoms with E-state index in [1.54, 1.807) is 37.3 Å². The van der Waals surface area contributed by atoms with Crippen molar-refractivity contribution < 1.29 is 13.9 Å². The van der Waals surface area contributed by atoms with Crippen molar-refractivity contribution in [1.29, 1.82) is 0 Å². The van der Waals surface area contributed by atoms with Gasteiger partial charge in [0.1, 0.15) is 0 Å². The molecule has 0 fully saturated rings. The Bertz CT molecular complexity index is 369. The maximum atomic E-state index is 13.1. The zero-order valence-corrected chi connectivity index (χ0v) is 10.1. The van der Waals surface area contributed by atoms with Crippen molar-refractivity contribution in [3.05, 3.63) is 30.1 Å². The number of para-hydroxylation sites is 1. The number of nitrogens with zero attached hydrogens (tertiary/aromatic N) is 1. The molecule has 4 nitrogen and oxygen atoms in total. The van der Waals surface area contributed by atoms with Crippen LogP contribution < -0.4 is 10.2 Å². The SMILES string of the molecule is CN(C)NC(=O)CCCOc1ccccc1F. The second-order valence-electron chi connectivity index (χ2n) is 3.81. The lowest BCUT2D eigenvalue weighted by Gasteiger charge is -2.11. The van der Waals surface area contributed by atoms with Crippen molar-refractivity contribution in [3.8, 4) is 5.75 Å². The molecule has 1 aromatic carbocycles. The van der Waals surface area contributed by atoms with E-state index in [4.69, 9.17) is 4.74 Å². The molecule has 0 unspecified atom stereocenters. The fourth-order valence-corrected chi connectivity index (χ4v) is 1.28. The Morgan fingerprint density at radius 1 is 1.41 bits per heavy atom. The molecule has 0 aliphatic carbocycles. The van der Waals surface area contributed by atoms with Crippen LogP contribution in [0.2, 0.25) is 0 Å². The molecule has 1 N–H and O–H groups in total. The van der Waals surface area contributed by atoms with E-state index in [1.807, 2.05) is 0 Å². The van der Waals surface area contributed by atoms with Crippen LogP contribution in [0.15, 0.2) is 24.3 Å². The van der Waals surface area contributed by atoms with Gasteiger partial charge in [-0.25, -0.2) is 9.40 Å². The van der Waals surface area contributed by atoms with Gasteiger partial charge in [0.15, 0.2) is 11.6 Å². The van der Waals surface area contributed by atoms with Crippen LogP contribution >= 0.6 is 0 Å². The van der Waals surface area contributed by atoms with E-state index in [0.29, 0.717) is 19.4 Å². The number of benzene rings is 1. The third kappa shape index (κ3) is 5.31. The summed E-state index contributed by atoms with van der Waals surface area (Å²) in [4.78, 5) is 11.2. The van der Waals surface area contributed by atoms with Crippen LogP contribution in [0.5, 0.6) is 5.75 Å². The van der Waals surface area contributed by atoms with Crippen LogP contribution in [-0.2, 0) is 4.79 Å². The monoisotopic (exact) mass is 240 g/mol. The van der Waals surface area contributed by atoms with Gasteiger partial charge in [0, 0.05) is 20.5 Å². The summed E-state index contributed by atoms with van der Waals surface area (Å²) in [7, 11) is 3.49. The standard InChI is InChI=1S/C12H17FN2O2/c1-15(2)14-12(16)8-5-9-17-11-7-4-3-6-10(11)13/h3-4,6-7H,5,8-9H2,1-2H3,(H,14,16). The fourth-order valence-electron chi connectivity index (χ4n) is 1.28. The van der Waals surface area contributed by atoms with Gasteiger partial charge in [-0.05, 0) is 18.6 Å². The molecule has 0 radical (unpaired) electrons. The lowest BCUT2D eigenvalue weighted by Crippen LogP contribution is -2.36. The van der Waals surface area contributed by atoms with E-state index < -0.39 is 0 Å². The van der Waals surface area contributed by atoms with Crippen molar-refractivity contribution in [3.63, 3.8) is 0 Å². The van der Waals surface area contributed by atoms with E-state index >= 15 is 0 Å². The Morgan fingerprint density at radius 2 is 2.12 bits per heavy atom. The van der Waals surface area contributed by atoms with Crippen molar-refractivity contribution in [2.75, 3.05) is 20.7 Å². The summed E-state index contributed by atoms with van der Waals surface area (Å²) in [5.74, 6) is -0.238. The Hall–Kier alpha value is -1.62. The Labute approximate surface area is 100 Å². The normalized spacial score (nSPS) is 10.4. The van der Waals surface area contributed by atoms with Gasteiger partial charge in [0.2, 0.25) is 5.91 Å². The van der Waals surface area contributed by atoms with Crippen molar-refractivity contribution in [2.45, 2.75) is 12.8 Å². The maximum Gasteiger partial charge on any atom is 0.234 e. The smallest absolute Gasteiger partial charge is 0.234 e. The summed E-state index contributed by atoms with van der Waals surface area (Å²) in [5.41, 5.74) is 2.62. The molecule has 0 aliphatic rings. The van der Waals surface area contributed by atoms with Crippen LogP contribution in [0.25, 0.3) is 0 Å². The number of ether oxygens (including phenoxy) is 1. The molecule has 1 rings (SSSR count). The van der Waals surface area contributed by atoms with Crippen LogP contribution in [0.4, 0.5) is 4.39 Å². The van der Waals surface area contributed by atoms with Crippen LogP contribution in [0, 0.1) is 5.82 Å². The minimum Gasteiger partial charge on any atom is -0.491 e. The molecule has 0 atom stereocenters. The number of hydrazine groups is 1. The lowest BCUT2D eigenvalue weighted by atomic mass is 10.3. The molecule has 0 saturated carbocycles. The number of nitrogens with one attached hydrogen (secondary N) is 1. The minimum atomic E-state index is -0.384. The third-order valence-corrected chi connectivity index (χ3v) is 1.99. The molecule has 5 heteroatoms. The quantitative estimate of drug-likeness (QED) is 0.606. The van der Waals surface area contributed by atoms with Crippen LogP contribution in [-0.4, -0.2) is 31.6 Å². The molecular formula is C12H17FN2O2. The fraction of sp³-hybridized carbons (Fsp3) is 0.417. The molecule has 0 saturated heterocycles. The number of halogens is 1. The average Bonchev–Trinajstić information content (AvgIpc) is 2.25. The van der Waals surface area contributed by atoms with E-state index in [9.17, 15) is 9.18 Å². The number of rotatable bonds is 6. The summed E-state index contributed by atoms with van der Waals surface area (Å²) in [5, 5.41) is 1.58. The molecular weight excluding hydrogens is 223 g/mol. The second-order valence-corrected chi connectivity index (χ2v) is 3.81. The first-order valence-corrected chi connectivity index (χ1v) is 5.43. The molecule has 94 valence electrons. The summed E-state index contributed by atoms with van der Waals surface area (Å²) < 4.78 is 18.4. The average molecular weight is 240 g/mol. The van der Waals surface area contributed by atoms with Gasteiger partial charge in [-0.15, -0.1) is 0 Å². The second kappa shape index (κ2) is 6.85. The lowest BCUT2D eigenvalue weighted by molar-refractivity contribution is -0.125. The number of carbonyl (C=O) groups excluding carboxylic acids is 1. The number of hydrogen-bond acceptors (Lipinski definition) is 3. The minimum absolute atomic E-state index is 0.0767. The van der Waals surface area contributed by atoms with E-state index in [1.165, 1.54) is 6.07 Å². The predicted molar refractivity (Wildman–Crippen MR) is 63.0 cm³/mol. The zero-order chi connectivity index (χ0) is 12.7. The molecule has 1 aromatic rings. The van der Waals surface area contributed by atoms with Gasteiger partial charge in [0.05, 0.1) is 6.61 Å². The summed E-state index contributed by atoms with van der Waals surface area (Å²) in [6.07, 6.45) is 0.903. The summed E-state index contributed by atoms with van der Waals surface area (Å²) in [6, 6.07) is 6.22. The van der Waals surface area contributed by atoms with Crippen molar-refractivity contribution in [2.24, 2.45) is 0 Å². The molecule has 17 heavy (non-hydrogen) atoms. The molecule has 0 aromatic heterocycles. The number of hydrogen-bond donors (Lipinski definition) is 1. The van der Waals surface area contributed by atoms with Crippen LogP contribution in [0.1, 0.15) is 12.8 Å². The highest BCUT2D eigenvalue weighted by atomic mass is 19.1. The van der Waals surface area contributed by atoms with Gasteiger partial charge in [-0.3, -0.25) is 10.2 Å². The zero-order valence-electron chi connectivity index (χ0n) is 10.1. The number of carbonyl (C=O) groups is 1. The first kappa shape index (κ1) is 13.4. The number of amides is 1. The Kier molecular flexibility index (Phi) is 5.42. The van der Waals surface area contributed by atoms with Gasteiger partial charge in [-0.1, -0.05) is 12.1 Å². The third-order valence-electron chi connectivity index (χ3n) is 1.99. The topological polar surface area (TPSA) is 41.6 Å². The van der Waals surface area contributed by atoms with E-state index in [0.717, 1.165) is 0 Å². The van der Waals surface area contributed by atoms with Gasteiger partial charge in [-0.2, -0.15) is 0 Å². The van der Waals surface area contributed by atoms with Gasteiger partial charge in [0.25, 0.3) is 0 Å². The molecule has 1 amide bonds. The van der Waals surface area contributed by atoms with E-state index in [2.05, 4.69) is 5.43 Å². The first-order chi connectivity index (χ1) is 8.09. The predicted octanol–water partition coefficient (Wildman–Crippen LogP) is 1.58. The van der Waals surface area contributed by atoms with Crippen molar-refractivity contribution in [1.82, 2.24) is 10.4 Å². The first-order valence-electron chi connectivity index (χ1n) is 5.43. The highest BCUT2D eigenvalue weighted by Crippen LogP contribution is 2.15. The van der Waals surface area contributed by atoms with Gasteiger partial charge < -0.3 is 4.74 Å². The summed E-state index contributed by atoms with van der Waals surface area (Å²) >= 11 is 0. The van der Waals surface area contributed by atoms with E-state index in [-0.39, 0.29) is 17.5 Å². The maximum absolute atomic E-state index is 13.1. The van der Waals surface area contributed by atoms with Crippen molar-refractivity contribution >= 4 is 5.91 Å². The van der Waals surface area contributed by atoms with Crippen LogP contribution in [0.3, 0.4) is 0 Å². The summed E-state index contributed by atoms with van der Waals surface area (Å²) in [6.45, 7) is 0.321. The van der Waals surface area contributed by atoms with Gasteiger partial charge >= 0.3 is 0 Å². The molecule has 0 aliphatic heterocycles.